The number of ether oxygens (including phenoxy) is 2. The maximum absolute atomic E-state index is 11.8. The van der Waals surface area contributed by atoms with Crippen LogP contribution < -0.4 is 0 Å². The number of hydrogen-bond donors (Lipinski definition) is 2. The monoisotopic (exact) mass is 548 g/mol. The zero-order valence-electron chi connectivity index (χ0n) is 20.5. The van der Waals surface area contributed by atoms with Crippen molar-refractivity contribution in [2.24, 2.45) is 0 Å². The van der Waals surface area contributed by atoms with Gasteiger partial charge in [-0.2, -0.15) is 0 Å². The van der Waals surface area contributed by atoms with Gasteiger partial charge in [-0.3, -0.25) is 9.59 Å². The van der Waals surface area contributed by atoms with Crippen LogP contribution in [0.4, 0.5) is 0 Å². The molecule has 0 unspecified atom stereocenters. The number of hydrogen-bond acceptors (Lipinski definition) is 11. The van der Waals surface area contributed by atoms with Gasteiger partial charge in [-0.1, -0.05) is 24.3 Å². The third kappa shape index (κ3) is 7.46. The summed E-state index contributed by atoms with van der Waals surface area (Å²) in [4.78, 5) is 64.9. The molecule has 0 bridgehead atoms. The molecule has 40 heavy (non-hydrogen) atoms. The number of aliphatic hydroxyl groups is 1. The van der Waals surface area contributed by atoms with Crippen molar-refractivity contribution in [1.82, 2.24) is 0 Å². The highest BCUT2D eigenvalue weighted by Crippen LogP contribution is 2.18. The van der Waals surface area contributed by atoms with Gasteiger partial charge in [0.25, 0.3) is 0 Å². The van der Waals surface area contributed by atoms with E-state index in [1.54, 1.807) is 36.4 Å². The predicted octanol–water partition coefficient (Wildman–Crippen LogP) is 3.73. The van der Waals surface area contributed by atoms with Gasteiger partial charge in [-0.25, -0.2) is 19.2 Å². The van der Waals surface area contributed by atoms with Crippen LogP contribution in [0.1, 0.15) is 74.1 Å². The normalized spacial score (nSPS) is 11.1. The summed E-state index contributed by atoms with van der Waals surface area (Å²) in [6.45, 7) is -0.339. The second-order valence-corrected chi connectivity index (χ2v) is 7.65. The number of carbonyl (C=O) groups excluding carboxylic acids is 5. The molecule has 2 aromatic heterocycles. The smallest absolute Gasteiger partial charge is 0.346 e. The number of aliphatic hydroxyl groups excluding tert-OH is 1. The van der Waals surface area contributed by atoms with E-state index in [0.717, 1.165) is 0 Å². The quantitative estimate of drug-likeness (QED) is 0.194. The Morgan fingerprint density at radius 1 is 0.725 bits per heavy atom. The molecule has 0 saturated heterocycles. The minimum Gasteiger partial charge on any atom is -0.478 e. The standard InChI is InChI=1S/C14H10O6.C8H4O3.C6H6O3/c15-7-9-5-6-10(20-9)8-19-14(18)12-4-2-1-3-11(12)13(16)17;9-7-5-3-1-2-4-6(5)8(10)11-7;7-3-5-1-2-6(4-8)9-5/h1-7H,8H2,(H,16,17);1-4H;1-3,8H,4H2. The molecule has 0 saturated carbocycles. The van der Waals surface area contributed by atoms with Gasteiger partial charge in [0.1, 0.15) is 24.7 Å². The molecule has 0 aliphatic carbocycles. The lowest BCUT2D eigenvalue weighted by molar-refractivity contribution is 0.0429. The van der Waals surface area contributed by atoms with E-state index in [4.69, 9.17) is 23.8 Å². The van der Waals surface area contributed by atoms with E-state index in [9.17, 15) is 28.8 Å². The van der Waals surface area contributed by atoms with Crippen LogP contribution in [0.15, 0.2) is 81.6 Å². The Balaban J connectivity index is 0.000000184. The zero-order chi connectivity index (χ0) is 29.1. The molecular weight excluding hydrogens is 528 g/mol. The Bertz CT molecular complexity index is 1510. The zero-order valence-corrected chi connectivity index (χ0v) is 20.5. The van der Waals surface area contributed by atoms with Crippen LogP contribution >= 0.6 is 0 Å². The first-order valence-corrected chi connectivity index (χ1v) is 11.3. The number of esters is 3. The van der Waals surface area contributed by atoms with E-state index < -0.39 is 23.9 Å². The second kappa shape index (κ2) is 13.8. The van der Waals surface area contributed by atoms with Crippen LogP contribution in [0, 0.1) is 0 Å². The Morgan fingerprint density at radius 3 is 1.70 bits per heavy atom. The first kappa shape index (κ1) is 28.9. The summed E-state index contributed by atoms with van der Waals surface area (Å²) in [5.74, 6) is -1.99. The largest absolute Gasteiger partial charge is 0.478 e. The van der Waals surface area contributed by atoms with Crippen LogP contribution in [-0.4, -0.2) is 46.7 Å². The molecule has 0 fully saturated rings. The van der Waals surface area contributed by atoms with Crippen molar-refractivity contribution in [3.8, 4) is 0 Å². The number of aromatic carboxylic acids is 1. The van der Waals surface area contributed by atoms with Crippen molar-refractivity contribution >= 4 is 36.4 Å². The SMILES string of the molecule is O=C1OC(=O)c2ccccc21.O=Cc1ccc(CO)o1.O=Cc1ccc(COC(=O)c2ccccc2C(=O)O)o1. The molecular formula is C28H20O12. The van der Waals surface area contributed by atoms with Crippen LogP contribution in [0.25, 0.3) is 0 Å². The van der Waals surface area contributed by atoms with Crippen molar-refractivity contribution < 1.29 is 57.3 Å². The second-order valence-electron chi connectivity index (χ2n) is 7.65. The average molecular weight is 548 g/mol. The van der Waals surface area contributed by atoms with Gasteiger partial charge in [-0.05, 0) is 48.5 Å². The van der Waals surface area contributed by atoms with Crippen LogP contribution in [0.2, 0.25) is 0 Å². The highest BCUT2D eigenvalue weighted by atomic mass is 16.6. The Morgan fingerprint density at radius 2 is 1.23 bits per heavy atom. The van der Waals surface area contributed by atoms with Gasteiger partial charge in [0, 0.05) is 0 Å². The van der Waals surface area contributed by atoms with Crippen molar-refractivity contribution in [2.45, 2.75) is 13.2 Å². The summed E-state index contributed by atoms with van der Waals surface area (Å²) < 4.78 is 19.1. The van der Waals surface area contributed by atoms with E-state index in [1.165, 1.54) is 36.4 Å². The van der Waals surface area contributed by atoms with Crippen molar-refractivity contribution in [3.05, 3.63) is 118 Å². The van der Waals surface area contributed by atoms with Gasteiger partial charge in [0.2, 0.25) is 0 Å². The third-order valence-corrected chi connectivity index (χ3v) is 5.03. The molecule has 5 rings (SSSR count). The third-order valence-electron chi connectivity index (χ3n) is 5.03. The topological polar surface area (TPSA) is 188 Å². The Kier molecular flexibility index (Phi) is 9.98. The summed E-state index contributed by atoms with van der Waals surface area (Å²) in [6.07, 6.45) is 1.13. The summed E-state index contributed by atoms with van der Waals surface area (Å²) >= 11 is 0. The molecule has 1 aliphatic rings. The minimum absolute atomic E-state index is 0.0397. The number of furan rings is 2. The van der Waals surface area contributed by atoms with Gasteiger partial charge in [0.15, 0.2) is 24.1 Å². The fourth-order valence-electron chi connectivity index (χ4n) is 3.17. The number of benzene rings is 2. The lowest BCUT2D eigenvalue weighted by Gasteiger charge is -2.05. The van der Waals surface area contributed by atoms with Crippen LogP contribution in [0.5, 0.6) is 0 Å². The molecule has 12 nitrogen and oxygen atoms in total. The first-order valence-electron chi connectivity index (χ1n) is 11.3. The van der Waals surface area contributed by atoms with Gasteiger partial charge >= 0.3 is 23.9 Å². The lowest BCUT2D eigenvalue weighted by Crippen LogP contribution is -2.11. The summed E-state index contributed by atoms with van der Waals surface area (Å²) in [5.41, 5.74) is 0.544. The molecule has 2 aromatic carbocycles. The van der Waals surface area contributed by atoms with Crippen LogP contribution in [-0.2, 0) is 22.7 Å². The Labute approximate surface area is 225 Å². The highest BCUT2D eigenvalue weighted by molar-refractivity contribution is 6.14. The average Bonchev–Trinajstić information content (AvgIpc) is 3.71. The molecule has 2 N–H and O–H groups in total. The fourth-order valence-corrected chi connectivity index (χ4v) is 3.17. The molecule has 3 heterocycles. The fraction of sp³-hybridized carbons (Fsp3) is 0.0714. The maximum atomic E-state index is 11.8. The highest BCUT2D eigenvalue weighted by Gasteiger charge is 2.28. The molecule has 0 atom stereocenters. The molecule has 0 amide bonds. The number of carboxylic acids is 1. The van der Waals surface area contributed by atoms with Crippen molar-refractivity contribution in [2.75, 3.05) is 0 Å². The van der Waals surface area contributed by atoms with E-state index >= 15 is 0 Å². The molecule has 0 spiro atoms. The van der Waals surface area contributed by atoms with Crippen LogP contribution in [0.3, 0.4) is 0 Å². The lowest BCUT2D eigenvalue weighted by atomic mass is 10.1. The Hall–Kier alpha value is -5.62. The van der Waals surface area contributed by atoms with E-state index in [0.29, 0.717) is 35.2 Å². The molecule has 204 valence electrons. The predicted molar refractivity (Wildman–Crippen MR) is 133 cm³/mol. The number of fused-ring (bicyclic) bond motifs is 1. The van der Waals surface area contributed by atoms with Gasteiger partial charge < -0.3 is 28.5 Å². The number of rotatable bonds is 7. The van der Waals surface area contributed by atoms with Gasteiger partial charge in [0.05, 0.1) is 22.3 Å². The summed E-state index contributed by atoms with van der Waals surface area (Å²) in [7, 11) is 0. The van der Waals surface area contributed by atoms with E-state index in [2.05, 4.69) is 4.74 Å². The summed E-state index contributed by atoms with van der Waals surface area (Å²) in [6, 6.07) is 18.3. The maximum Gasteiger partial charge on any atom is 0.346 e. The number of carboxylic acid groups (broad SMARTS) is 1. The summed E-state index contributed by atoms with van der Waals surface area (Å²) in [5, 5.41) is 17.4. The molecule has 1 aliphatic heterocycles. The van der Waals surface area contributed by atoms with Gasteiger partial charge in [-0.15, -0.1) is 0 Å². The minimum atomic E-state index is -1.21. The van der Waals surface area contributed by atoms with E-state index in [1.807, 2.05) is 0 Å². The molecule has 12 heteroatoms. The van der Waals surface area contributed by atoms with Crippen molar-refractivity contribution in [1.29, 1.82) is 0 Å². The number of aldehydes is 2. The number of cyclic esters (lactones) is 2. The van der Waals surface area contributed by atoms with Crippen molar-refractivity contribution in [3.63, 3.8) is 0 Å². The number of carbonyl (C=O) groups is 6. The molecule has 4 aromatic rings. The first-order chi connectivity index (χ1) is 19.3. The molecule has 0 radical (unpaired) electrons. The van der Waals surface area contributed by atoms with E-state index in [-0.39, 0.29) is 35.9 Å².